The monoisotopic (exact) mass is 363 g/mol. The first-order valence-corrected chi connectivity index (χ1v) is 10.5. The Bertz CT molecular complexity index is 781. The predicted molar refractivity (Wildman–Crippen MR) is 94.7 cm³/mol. The number of fused-ring (bicyclic) bond motifs is 2. The molecule has 1 N–H and O–H groups in total. The molecule has 0 radical (unpaired) electrons. The minimum Gasteiger partial charge on any atom is -0.342 e. The molecule has 0 bridgehead atoms. The maximum absolute atomic E-state index is 13.1. The standard InChI is InChI=1S/C18H25N3O3S/c1-13(22)20-6-4-14-2-3-18(8-15(14)5-7-20)25(23,24)21-11-16-9-19-10-17(16)12-21/h2-3,8,16-17,19H,4-7,9-12H2,1H3/t16-,17+. The van der Waals surface area contributed by atoms with Gasteiger partial charge in [0.15, 0.2) is 0 Å². The summed E-state index contributed by atoms with van der Waals surface area (Å²) in [6, 6.07) is 5.51. The molecule has 4 rings (SSSR count). The molecular formula is C18H25N3O3S. The van der Waals surface area contributed by atoms with E-state index in [9.17, 15) is 13.2 Å². The van der Waals surface area contributed by atoms with Crippen molar-refractivity contribution in [1.82, 2.24) is 14.5 Å². The number of carbonyl (C=O) groups excluding carboxylic acids is 1. The molecule has 6 nitrogen and oxygen atoms in total. The third-order valence-corrected chi connectivity index (χ3v) is 7.75. The van der Waals surface area contributed by atoms with E-state index in [4.69, 9.17) is 0 Å². The fraction of sp³-hybridized carbons (Fsp3) is 0.611. The van der Waals surface area contributed by atoms with Gasteiger partial charge in [-0.2, -0.15) is 4.31 Å². The topological polar surface area (TPSA) is 69.7 Å². The Morgan fingerprint density at radius 3 is 2.36 bits per heavy atom. The third kappa shape index (κ3) is 3.09. The van der Waals surface area contributed by atoms with E-state index in [1.807, 2.05) is 17.0 Å². The van der Waals surface area contributed by atoms with Gasteiger partial charge < -0.3 is 10.2 Å². The molecule has 0 saturated carbocycles. The molecule has 0 aliphatic carbocycles. The molecule has 0 aromatic heterocycles. The molecule has 2 fully saturated rings. The molecular weight excluding hydrogens is 338 g/mol. The molecule has 3 heterocycles. The van der Waals surface area contributed by atoms with E-state index in [2.05, 4.69) is 5.32 Å². The lowest BCUT2D eigenvalue weighted by atomic mass is 10.0. The number of carbonyl (C=O) groups is 1. The first-order chi connectivity index (χ1) is 11.9. The van der Waals surface area contributed by atoms with E-state index < -0.39 is 10.0 Å². The molecule has 3 aliphatic heterocycles. The van der Waals surface area contributed by atoms with Crippen molar-refractivity contribution in [2.24, 2.45) is 11.8 Å². The van der Waals surface area contributed by atoms with Gasteiger partial charge in [0.25, 0.3) is 0 Å². The first-order valence-electron chi connectivity index (χ1n) is 9.03. The van der Waals surface area contributed by atoms with Gasteiger partial charge in [0.1, 0.15) is 0 Å². The van der Waals surface area contributed by atoms with Crippen LogP contribution in [0.2, 0.25) is 0 Å². The van der Waals surface area contributed by atoms with Crippen molar-refractivity contribution in [3.05, 3.63) is 29.3 Å². The predicted octanol–water partition coefficient (Wildman–Crippen LogP) is 0.474. The minimum atomic E-state index is -3.43. The van der Waals surface area contributed by atoms with Gasteiger partial charge in [-0.1, -0.05) is 6.07 Å². The van der Waals surface area contributed by atoms with Gasteiger partial charge in [-0.15, -0.1) is 0 Å². The number of rotatable bonds is 2. The zero-order valence-electron chi connectivity index (χ0n) is 14.6. The number of amides is 1. The van der Waals surface area contributed by atoms with E-state index >= 15 is 0 Å². The highest BCUT2D eigenvalue weighted by Crippen LogP contribution is 2.31. The number of benzene rings is 1. The Morgan fingerprint density at radius 1 is 1.08 bits per heavy atom. The van der Waals surface area contributed by atoms with Gasteiger partial charge in [0.05, 0.1) is 4.90 Å². The lowest BCUT2D eigenvalue weighted by molar-refractivity contribution is -0.128. The lowest BCUT2D eigenvalue weighted by Gasteiger charge is -2.18. The Hall–Kier alpha value is -1.44. The van der Waals surface area contributed by atoms with Crippen LogP contribution in [0.1, 0.15) is 18.1 Å². The summed E-state index contributed by atoms with van der Waals surface area (Å²) in [6.45, 7) is 6.03. The second-order valence-electron chi connectivity index (χ2n) is 7.44. The summed E-state index contributed by atoms with van der Waals surface area (Å²) in [5.41, 5.74) is 2.22. The second kappa shape index (κ2) is 6.37. The van der Waals surface area contributed by atoms with Gasteiger partial charge in [-0.05, 0) is 61.0 Å². The number of nitrogens with one attached hydrogen (secondary N) is 1. The molecule has 1 aromatic rings. The molecule has 0 spiro atoms. The fourth-order valence-electron chi connectivity index (χ4n) is 4.33. The van der Waals surface area contributed by atoms with Crippen molar-refractivity contribution < 1.29 is 13.2 Å². The highest BCUT2D eigenvalue weighted by molar-refractivity contribution is 7.89. The van der Waals surface area contributed by atoms with Crippen LogP contribution in [-0.4, -0.2) is 62.8 Å². The third-order valence-electron chi connectivity index (χ3n) is 5.92. The van der Waals surface area contributed by atoms with Crippen LogP contribution in [0.3, 0.4) is 0 Å². The Morgan fingerprint density at radius 2 is 1.72 bits per heavy atom. The maximum Gasteiger partial charge on any atom is 0.243 e. The van der Waals surface area contributed by atoms with E-state index in [-0.39, 0.29) is 5.91 Å². The maximum atomic E-state index is 13.1. The van der Waals surface area contributed by atoms with Crippen molar-refractivity contribution in [1.29, 1.82) is 0 Å². The first kappa shape index (κ1) is 17.0. The van der Waals surface area contributed by atoms with Crippen molar-refractivity contribution in [2.75, 3.05) is 39.3 Å². The van der Waals surface area contributed by atoms with Crippen molar-refractivity contribution in [3.8, 4) is 0 Å². The van der Waals surface area contributed by atoms with E-state index in [0.29, 0.717) is 49.3 Å². The van der Waals surface area contributed by atoms with Gasteiger partial charge >= 0.3 is 0 Å². The van der Waals surface area contributed by atoms with Crippen LogP contribution in [0, 0.1) is 11.8 Å². The van der Waals surface area contributed by atoms with E-state index in [1.54, 1.807) is 17.3 Å². The molecule has 1 aromatic carbocycles. The molecule has 1 amide bonds. The van der Waals surface area contributed by atoms with Gasteiger partial charge in [0.2, 0.25) is 15.9 Å². The van der Waals surface area contributed by atoms with Gasteiger partial charge in [-0.25, -0.2) is 8.42 Å². The summed E-state index contributed by atoms with van der Waals surface area (Å²) >= 11 is 0. The van der Waals surface area contributed by atoms with Crippen LogP contribution in [0.25, 0.3) is 0 Å². The second-order valence-corrected chi connectivity index (χ2v) is 9.37. The Kier molecular flexibility index (Phi) is 4.33. The normalized spacial score (nSPS) is 27.0. The molecule has 2 saturated heterocycles. The molecule has 25 heavy (non-hydrogen) atoms. The molecule has 136 valence electrons. The Balaban J connectivity index is 1.57. The molecule has 2 atom stereocenters. The van der Waals surface area contributed by atoms with Crippen LogP contribution in [0.4, 0.5) is 0 Å². The van der Waals surface area contributed by atoms with Crippen LogP contribution in [0.15, 0.2) is 23.1 Å². The largest absolute Gasteiger partial charge is 0.342 e. The highest BCUT2D eigenvalue weighted by Gasteiger charge is 2.41. The number of hydrogen-bond acceptors (Lipinski definition) is 4. The number of hydrogen-bond donors (Lipinski definition) is 1. The van der Waals surface area contributed by atoms with Crippen LogP contribution < -0.4 is 5.32 Å². The van der Waals surface area contributed by atoms with Crippen molar-refractivity contribution >= 4 is 15.9 Å². The summed E-state index contributed by atoms with van der Waals surface area (Å²) in [7, 11) is -3.43. The van der Waals surface area contributed by atoms with Crippen LogP contribution in [-0.2, 0) is 27.7 Å². The fourth-order valence-corrected chi connectivity index (χ4v) is 5.94. The van der Waals surface area contributed by atoms with E-state index in [0.717, 1.165) is 30.6 Å². The van der Waals surface area contributed by atoms with Crippen molar-refractivity contribution in [2.45, 2.75) is 24.7 Å². The molecule has 7 heteroatoms. The molecule has 0 unspecified atom stereocenters. The summed E-state index contributed by atoms with van der Waals surface area (Å²) in [5, 5.41) is 3.34. The van der Waals surface area contributed by atoms with Crippen molar-refractivity contribution in [3.63, 3.8) is 0 Å². The lowest BCUT2D eigenvalue weighted by Crippen LogP contribution is -2.32. The highest BCUT2D eigenvalue weighted by atomic mass is 32.2. The number of sulfonamides is 1. The van der Waals surface area contributed by atoms with Crippen LogP contribution in [0.5, 0.6) is 0 Å². The molecule has 3 aliphatic rings. The number of nitrogens with zero attached hydrogens (tertiary/aromatic N) is 2. The average Bonchev–Trinajstić information content (AvgIpc) is 3.10. The Labute approximate surface area is 149 Å². The summed E-state index contributed by atoms with van der Waals surface area (Å²) in [4.78, 5) is 13.9. The summed E-state index contributed by atoms with van der Waals surface area (Å²) < 4.78 is 27.8. The summed E-state index contributed by atoms with van der Waals surface area (Å²) in [6.07, 6.45) is 1.50. The zero-order valence-corrected chi connectivity index (χ0v) is 15.4. The minimum absolute atomic E-state index is 0.0814. The quantitative estimate of drug-likeness (QED) is 0.830. The smallest absolute Gasteiger partial charge is 0.243 e. The summed E-state index contributed by atoms with van der Waals surface area (Å²) in [5.74, 6) is 0.970. The van der Waals surface area contributed by atoms with E-state index in [1.165, 1.54) is 0 Å². The zero-order chi connectivity index (χ0) is 17.6. The van der Waals surface area contributed by atoms with Gasteiger partial charge in [-0.3, -0.25) is 4.79 Å². The van der Waals surface area contributed by atoms with Crippen LogP contribution >= 0.6 is 0 Å². The SMILES string of the molecule is CC(=O)N1CCc2ccc(S(=O)(=O)N3C[C@H]4CNC[C@H]4C3)cc2CC1. The average molecular weight is 363 g/mol. The van der Waals surface area contributed by atoms with Gasteiger partial charge in [0, 0.05) is 33.1 Å².